The van der Waals surface area contributed by atoms with Crippen LogP contribution in [0.3, 0.4) is 0 Å². The Balaban J connectivity index is 1.52. The Labute approximate surface area is 133 Å². The van der Waals surface area contributed by atoms with Gasteiger partial charge in [-0.25, -0.2) is 5.43 Å². The predicted molar refractivity (Wildman–Crippen MR) is 83.7 cm³/mol. The molecule has 2 aliphatic rings. The molecule has 1 aromatic rings. The van der Waals surface area contributed by atoms with Gasteiger partial charge in [0, 0.05) is 57.8 Å². The fraction of sp³-hybridized carbons (Fsp3) is 0.467. The third-order valence-corrected chi connectivity index (χ3v) is 4.07. The van der Waals surface area contributed by atoms with Crippen molar-refractivity contribution in [1.82, 2.24) is 20.2 Å². The number of amides is 2. The molecule has 2 aliphatic heterocycles. The van der Waals surface area contributed by atoms with Gasteiger partial charge in [0.1, 0.15) is 5.71 Å². The van der Waals surface area contributed by atoms with E-state index >= 15 is 0 Å². The molecule has 3 rings (SSSR count). The first kappa shape index (κ1) is 15.4. The third kappa shape index (κ3) is 3.84. The van der Waals surface area contributed by atoms with E-state index in [1.165, 1.54) is 6.07 Å². The van der Waals surface area contributed by atoms with Gasteiger partial charge in [-0.3, -0.25) is 19.3 Å². The number of piperazine rings is 1. The molecule has 2 amide bonds. The molecule has 3 heterocycles. The van der Waals surface area contributed by atoms with Crippen LogP contribution in [0.4, 0.5) is 0 Å². The largest absolute Gasteiger partial charge is 0.335 e. The van der Waals surface area contributed by atoms with E-state index in [4.69, 9.17) is 0 Å². The molecule has 1 saturated heterocycles. The molecule has 122 valence electrons. The summed E-state index contributed by atoms with van der Waals surface area (Å²) in [4.78, 5) is 41.2. The van der Waals surface area contributed by atoms with Crippen molar-refractivity contribution in [2.24, 2.45) is 5.10 Å². The molecule has 0 aliphatic carbocycles. The number of rotatable bonds is 3. The van der Waals surface area contributed by atoms with E-state index in [9.17, 15) is 14.4 Å². The molecule has 8 nitrogen and oxygen atoms in total. The van der Waals surface area contributed by atoms with Crippen LogP contribution in [0.25, 0.3) is 0 Å². The lowest BCUT2D eigenvalue weighted by atomic mass is 10.1. The molecule has 0 atom stereocenters. The minimum absolute atomic E-state index is 0.0892. The van der Waals surface area contributed by atoms with Gasteiger partial charge in [-0.2, -0.15) is 5.10 Å². The quantitative estimate of drug-likeness (QED) is 0.769. The van der Waals surface area contributed by atoms with Crippen molar-refractivity contribution in [2.75, 3.05) is 26.2 Å². The Morgan fingerprint density at radius 2 is 1.91 bits per heavy atom. The van der Waals surface area contributed by atoms with Crippen molar-refractivity contribution in [3.05, 3.63) is 34.2 Å². The molecule has 23 heavy (non-hydrogen) atoms. The fourth-order valence-corrected chi connectivity index (χ4v) is 2.72. The molecule has 8 heteroatoms. The summed E-state index contributed by atoms with van der Waals surface area (Å²) in [6.07, 6.45) is 2.44. The van der Waals surface area contributed by atoms with Crippen LogP contribution in [-0.2, 0) is 16.1 Å². The number of aromatic nitrogens is 1. The van der Waals surface area contributed by atoms with Crippen molar-refractivity contribution in [2.45, 2.75) is 19.4 Å². The molecular weight excluding hydrogens is 298 g/mol. The zero-order valence-corrected chi connectivity index (χ0v) is 12.7. The number of aromatic amines is 1. The van der Waals surface area contributed by atoms with Gasteiger partial charge in [-0.15, -0.1) is 0 Å². The lowest BCUT2D eigenvalue weighted by molar-refractivity contribution is -0.126. The Morgan fingerprint density at radius 1 is 1.13 bits per heavy atom. The maximum Gasteiger partial charge on any atom is 0.270 e. The van der Waals surface area contributed by atoms with Gasteiger partial charge in [0.05, 0.1) is 0 Å². The van der Waals surface area contributed by atoms with Gasteiger partial charge < -0.3 is 9.88 Å². The molecule has 1 fully saturated rings. The molecule has 2 N–H and O–H groups in total. The lowest BCUT2D eigenvalue weighted by Gasteiger charge is -2.35. The third-order valence-electron chi connectivity index (χ3n) is 4.07. The van der Waals surface area contributed by atoms with E-state index in [0.29, 0.717) is 31.6 Å². The van der Waals surface area contributed by atoms with Gasteiger partial charge in [-0.1, -0.05) is 6.07 Å². The maximum absolute atomic E-state index is 12.3. The average Bonchev–Trinajstić information content (AvgIpc) is 2.58. The van der Waals surface area contributed by atoms with Crippen LogP contribution >= 0.6 is 0 Å². The van der Waals surface area contributed by atoms with E-state index in [1.807, 2.05) is 6.07 Å². The second kappa shape index (κ2) is 6.74. The second-order valence-corrected chi connectivity index (χ2v) is 5.72. The molecular formula is C15H19N5O3. The second-order valence-electron chi connectivity index (χ2n) is 5.72. The van der Waals surface area contributed by atoms with Crippen molar-refractivity contribution >= 4 is 17.5 Å². The zero-order chi connectivity index (χ0) is 16.2. The number of pyridine rings is 1. The molecule has 1 aromatic heterocycles. The van der Waals surface area contributed by atoms with Gasteiger partial charge in [0.25, 0.3) is 5.91 Å². The van der Waals surface area contributed by atoms with Gasteiger partial charge in [0.2, 0.25) is 11.5 Å². The smallest absolute Gasteiger partial charge is 0.270 e. The molecule has 0 radical (unpaired) electrons. The van der Waals surface area contributed by atoms with Crippen LogP contribution < -0.4 is 11.0 Å². The Hall–Kier alpha value is -2.48. The van der Waals surface area contributed by atoms with Crippen molar-refractivity contribution in [3.8, 4) is 0 Å². The number of hydrogen-bond donors (Lipinski definition) is 2. The summed E-state index contributed by atoms with van der Waals surface area (Å²) in [5.41, 5.74) is 3.73. The highest BCUT2D eigenvalue weighted by atomic mass is 16.2. The SMILES string of the molecule is O=C1CCC(C(=O)N2CCN(Cc3ccc(=O)[nH]c3)CC2)=NN1. The zero-order valence-electron chi connectivity index (χ0n) is 12.7. The summed E-state index contributed by atoms with van der Waals surface area (Å²) in [5.74, 6) is -0.235. The maximum atomic E-state index is 12.3. The number of nitrogens with zero attached hydrogens (tertiary/aromatic N) is 3. The summed E-state index contributed by atoms with van der Waals surface area (Å²) in [5, 5.41) is 3.86. The monoisotopic (exact) mass is 317 g/mol. The molecule has 0 aromatic carbocycles. The molecule has 0 bridgehead atoms. The lowest BCUT2D eigenvalue weighted by Crippen LogP contribution is -2.51. The fourth-order valence-electron chi connectivity index (χ4n) is 2.72. The minimum atomic E-state index is -0.146. The number of H-pyrrole nitrogens is 1. The standard InChI is InChI=1S/C15H19N5O3/c21-13-3-1-11(9-16-13)10-19-5-7-20(8-6-19)15(23)12-2-4-14(22)18-17-12/h1,3,9H,2,4-8,10H2,(H,16,21)(H,18,22). The summed E-state index contributed by atoms with van der Waals surface area (Å²) < 4.78 is 0. The van der Waals surface area contributed by atoms with Crippen LogP contribution in [0, 0.1) is 0 Å². The highest BCUT2D eigenvalue weighted by molar-refractivity contribution is 6.39. The average molecular weight is 317 g/mol. The summed E-state index contributed by atoms with van der Waals surface area (Å²) in [7, 11) is 0. The predicted octanol–water partition coefficient (Wildman–Crippen LogP) is -0.715. The van der Waals surface area contributed by atoms with Crippen LogP contribution in [0.1, 0.15) is 18.4 Å². The highest BCUT2D eigenvalue weighted by Gasteiger charge is 2.26. The first-order chi connectivity index (χ1) is 11.1. The Kier molecular flexibility index (Phi) is 4.52. The van der Waals surface area contributed by atoms with E-state index in [2.05, 4.69) is 20.4 Å². The normalized spacial score (nSPS) is 19.2. The Bertz CT molecular complexity index is 668. The van der Waals surface area contributed by atoms with E-state index < -0.39 is 0 Å². The van der Waals surface area contributed by atoms with Crippen molar-refractivity contribution in [3.63, 3.8) is 0 Å². The number of hydrazone groups is 1. The minimum Gasteiger partial charge on any atom is -0.335 e. The van der Waals surface area contributed by atoms with Crippen LogP contribution in [0.5, 0.6) is 0 Å². The van der Waals surface area contributed by atoms with Crippen molar-refractivity contribution < 1.29 is 9.59 Å². The number of carbonyl (C=O) groups is 2. The summed E-state index contributed by atoms with van der Waals surface area (Å²) in [6, 6.07) is 3.33. The highest BCUT2D eigenvalue weighted by Crippen LogP contribution is 2.10. The molecule has 0 saturated carbocycles. The number of carbonyl (C=O) groups excluding carboxylic acids is 2. The summed E-state index contributed by atoms with van der Waals surface area (Å²) in [6.45, 7) is 3.55. The van der Waals surface area contributed by atoms with Crippen LogP contribution in [-0.4, -0.2) is 58.5 Å². The van der Waals surface area contributed by atoms with Gasteiger partial charge in [0.15, 0.2) is 0 Å². The van der Waals surface area contributed by atoms with E-state index in [0.717, 1.165) is 25.2 Å². The topological polar surface area (TPSA) is 97.9 Å². The van der Waals surface area contributed by atoms with Gasteiger partial charge in [-0.05, 0) is 5.56 Å². The van der Waals surface area contributed by atoms with Crippen LogP contribution in [0.15, 0.2) is 28.2 Å². The number of hydrogen-bond acceptors (Lipinski definition) is 5. The molecule has 0 spiro atoms. The van der Waals surface area contributed by atoms with Gasteiger partial charge >= 0.3 is 0 Å². The molecule has 0 unspecified atom stereocenters. The van der Waals surface area contributed by atoms with E-state index in [-0.39, 0.29) is 17.4 Å². The first-order valence-corrected chi connectivity index (χ1v) is 7.66. The van der Waals surface area contributed by atoms with Crippen molar-refractivity contribution in [1.29, 1.82) is 0 Å². The Morgan fingerprint density at radius 3 is 2.52 bits per heavy atom. The number of nitrogens with one attached hydrogen (secondary N) is 2. The summed E-state index contributed by atoms with van der Waals surface area (Å²) >= 11 is 0. The van der Waals surface area contributed by atoms with E-state index in [1.54, 1.807) is 11.1 Å². The van der Waals surface area contributed by atoms with Crippen LogP contribution in [0.2, 0.25) is 0 Å². The first-order valence-electron chi connectivity index (χ1n) is 7.66.